The summed E-state index contributed by atoms with van der Waals surface area (Å²) < 4.78 is 196. The quantitative estimate of drug-likeness (QED) is 0.0368. The van der Waals surface area contributed by atoms with Crippen molar-refractivity contribution < 1.29 is 224 Å². The molecular formula is C32H26CuFN9Na4O19S5. The van der Waals surface area contributed by atoms with Crippen LogP contribution in [0.5, 0.6) is 23.0 Å². The molecule has 0 aliphatic rings. The Labute approximate surface area is 502 Å². The zero-order chi connectivity index (χ0) is 49.2. The summed E-state index contributed by atoms with van der Waals surface area (Å²) in [6, 6.07) is 6.05. The maximum atomic E-state index is 14.6. The molecule has 28 nitrogen and oxygen atoms in total. The van der Waals surface area contributed by atoms with Gasteiger partial charge in [-0.2, -0.15) is 19.5 Å². The van der Waals surface area contributed by atoms with E-state index in [1.165, 1.54) is 21.3 Å². The monoisotopic (exact) mass is 1170 g/mol. The van der Waals surface area contributed by atoms with Crippen molar-refractivity contribution in [1.82, 2.24) is 15.0 Å². The smallest absolute Gasteiger partial charge is 0.871 e. The topological polar surface area (TPSA) is 443 Å². The van der Waals surface area contributed by atoms with Crippen LogP contribution < -0.4 is 148 Å². The number of anilines is 1. The van der Waals surface area contributed by atoms with Crippen molar-refractivity contribution in [3.63, 3.8) is 0 Å². The van der Waals surface area contributed by atoms with Gasteiger partial charge in [-0.15, -0.1) is 15.3 Å². The number of nitrogens with one attached hydrogen (secondary N) is 1. The third kappa shape index (κ3) is 18.7. The van der Waals surface area contributed by atoms with Crippen LogP contribution in [0.4, 0.5) is 38.8 Å². The van der Waals surface area contributed by atoms with Crippen LogP contribution in [0.1, 0.15) is 0 Å². The van der Waals surface area contributed by atoms with Gasteiger partial charge in [0, 0.05) is 31.1 Å². The zero-order valence-corrected chi connectivity index (χ0v) is 50.5. The van der Waals surface area contributed by atoms with E-state index in [9.17, 15) is 74.9 Å². The number of halogens is 1. The Morgan fingerprint density at radius 1 is 0.676 bits per heavy atom. The van der Waals surface area contributed by atoms with Crippen LogP contribution in [0.25, 0.3) is 10.8 Å². The number of hydrogen-bond donors (Lipinski definition) is 1. The van der Waals surface area contributed by atoms with Crippen molar-refractivity contribution in [2.75, 3.05) is 50.8 Å². The van der Waals surface area contributed by atoms with E-state index in [-0.39, 0.29) is 147 Å². The molecular weight excluding hydrogens is 1150 g/mol. The second-order valence-electron chi connectivity index (χ2n) is 12.8. The van der Waals surface area contributed by atoms with Crippen molar-refractivity contribution in [1.29, 1.82) is 0 Å². The number of hydrogen-bond acceptors (Lipinski definition) is 27. The maximum Gasteiger partial charge on any atom is 2.00 e. The molecule has 0 saturated heterocycles. The van der Waals surface area contributed by atoms with Gasteiger partial charge >= 0.3 is 141 Å². The number of azo groups is 2. The number of ether oxygens (including phenoxy) is 2. The van der Waals surface area contributed by atoms with E-state index < -0.39 is 158 Å². The Bertz CT molecular complexity index is 3490. The number of benzene rings is 4. The second kappa shape index (κ2) is 27.8. The van der Waals surface area contributed by atoms with Crippen LogP contribution in [0, 0.1) is 6.08 Å². The molecule has 0 aliphatic heterocycles. The van der Waals surface area contributed by atoms with E-state index in [1.54, 1.807) is 0 Å². The zero-order valence-electron chi connectivity index (χ0n) is 37.5. The maximum absolute atomic E-state index is 14.6. The molecule has 0 amide bonds. The first-order chi connectivity index (χ1) is 30.5. The molecule has 1 aromatic heterocycles. The third-order valence-electron chi connectivity index (χ3n) is 8.45. The average Bonchev–Trinajstić information content (AvgIpc) is 3.19. The minimum atomic E-state index is -5.83. The number of methoxy groups -OCH3 is 2. The Morgan fingerprint density at radius 2 is 1.24 bits per heavy atom. The molecule has 0 aliphatic carbocycles. The average molecular weight is 1180 g/mol. The summed E-state index contributed by atoms with van der Waals surface area (Å²) in [5.74, 6) is -4.69. The summed E-state index contributed by atoms with van der Waals surface area (Å²) in [5, 5.41) is 39.4. The van der Waals surface area contributed by atoms with Gasteiger partial charge < -0.3 is 42.8 Å². The van der Waals surface area contributed by atoms with Crippen molar-refractivity contribution in [2.45, 2.75) is 14.7 Å². The normalized spacial score (nSPS) is 12.3. The largest absolute Gasteiger partial charge is 2.00 e. The second-order valence-corrected chi connectivity index (χ2v) is 20.2. The fourth-order valence-electron chi connectivity index (χ4n) is 5.41. The van der Waals surface area contributed by atoms with Gasteiger partial charge in [0.25, 0.3) is 0 Å². The first-order valence-electron chi connectivity index (χ1n) is 17.3. The van der Waals surface area contributed by atoms with Crippen molar-refractivity contribution in [3.05, 3.63) is 60.2 Å². The minimum Gasteiger partial charge on any atom is -0.871 e. The van der Waals surface area contributed by atoms with Crippen molar-refractivity contribution in [3.8, 4) is 23.0 Å². The standard InChI is InChI=1S/C32H32FN9O19S5.Cu.4Na/c1-42(8-10-62(45,46)11-9-61-66(56,57)58)32-36-30(33)35-31(37-32)34-19-6-5-17-18(29(19)65(53,54)55)13-26(64(50,51)52)27(28(17)44)41-39-21-15-25(60-3)24(59-2)14-20(21)38-40-22-12-16(63(47,48)49)4-7-23(22)43;;;;;/h4-7,12-15,43-44H,8-11H2,1-3H3,(H,47,48,49)(H,50,51,52)(H,53,54,55)(H,56,57,58)(H,34,35,36,37);;;;;/q;+2;4*+1/p-6. The van der Waals surface area contributed by atoms with E-state index in [1.807, 2.05) is 0 Å². The first-order valence-corrected chi connectivity index (χ1v) is 24.7. The Kier molecular flexibility index (Phi) is 27.1. The van der Waals surface area contributed by atoms with E-state index in [0.29, 0.717) is 12.1 Å². The number of rotatable bonds is 18. The van der Waals surface area contributed by atoms with Crippen LogP contribution in [-0.4, -0.2) is 121 Å². The summed E-state index contributed by atoms with van der Waals surface area (Å²) in [7, 11) is -22.4. The third-order valence-corrected chi connectivity index (χ3v) is 13.1. The number of sulfone groups is 1. The van der Waals surface area contributed by atoms with Gasteiger partial charge in [-0.05, 0) is 29.7 Å². The summed E-state index contributed by atoms with van der Waals surface area (Å²) in [6.07, 6.45) is -1.55. The minimum absolute atomic E-state index is 0. The molecule has 0 spiro atoms. The molecule has 365 valence electrons. The van der Waals surface area contributed by atoms with E-state index in [0.717, 1.165) is 41.3 Å². The molecule has 39 heteroatoms. The fourth-order valence-corrected chi connectivity index (χ4v) is 8.83. The van der Waals surface area contributed by atoms with Gasteiger partial charge in [0.2, 0.25) is 22.0 Å². The summed E-state index contributed by atoms with van der Waals surface area (Å²) in [4.78, 5) is 10.1. The Morgan fingerprint density at radius 3 is 1.76 bits per heavy atom. The molecule has 1 radical (unpaired) electrons. The predicted octanol–water partition coefficient (Wildman–Crippen LogP) is -11.6. The van der Waals surface area contributed by atoms with Crippen LogP contribution in [-0.2, 0) is 71.8 Å². The molecule has 1 N–H and O–H groups in total. The predicted molar refractivity (Wildman–Crippen MR) is 210 cm³/mol. The van der Waals surface area contributed by atoms with Crippen LogP contribution in [0.2, 0.25) is 0 Å². The molecule has 0 saturated carbocycles. The Balaban J connectivity index is 0.00000980. The Hall–Kier alpha value is -1.85. The van der Waals surface area contributed by atoms with Gasteiger partial charge in [-0.1, -0.05) is 23.6 Å². The van der Waals surface area contributed by atoms with Gasteiger partial charge in [-0.3, -0.25) is 9.17 Å². The molecule has 71 heavy (non-hydrogen) atoms. The van der Waals surface area contributed by atoms with Gasteiger partial charge in [0.1, 0.15) is 41.7 Å². The summed E-state index contributed by atoms with van der Waals surface area (Å²) in [6.45, 7) is -1.46. The van der Waals surface area contributed by atoms with Crippen LogP contribution >= 0.6 is 0 Å². The number of fused-ring (bicyclic) bond motifs is 1. The number of aromatic amines is 1. The van der Waals surface area contributed by atoms with Crippen LogP contribution in [0.3, 0.4) is 0 Å². The molecule has 0 atom stereocenters. The first kappa shape index (κ1) is 69.1. The van der Waals surface area contributed by atoms with Crippen LogP contribution in [0.15, 0.2) is 88.7 Å². The van der Waals surface area contributed by atoms with E-state index in [2.05, 4.69) is 44.6 Å². The molecule has 0 unspecified atom stereocenters. The summed E-state index contributed by atoms with van der Waals surface area (Å²) >= 11 is 0. The van der Waals surface area contributed by atoms with Crippen molar-refractivity contribution in [2.24, 2.45) is 25.4 Å². The van der Waals surface area contributed by atoms with Crippen molar-refractivity contribution >= 4 is 95.7 Å². The number of nitrogens with zero attached hydrogens (tertiary/aromatic N) is 8. The number of aromatic nitrogens is 3. The molecule has 4 aromatic carbocycles. The van der Waals surface area contributed by atoms with Gasteiger partial charge in [-0.25, -0.2) is 47.1 Å². The van der Waals surface area contributed by atoms with Gasteiger partial charge in [0.15, 0.2) is 21.3 Å². The molecule has 5 aromatic rings. The molecule has 5 rings (SSSR count). The summed E-state index contributed by atoms with van der Waals surface area (Å²) in [5.41, 5.74) is -4.49. The molecule has 0 fully saturated rings. The van der Waals surface area contributed by atoms with E-state index in [4.69, 9.17) is 9.47 Å². The van der Waals surface area contributed by atoms with E-state index >= 15 is 0 Å². The SMILES string of the molecule is COc1cc(N=Nc2cc(S(=O)(=O)[O-])ccc2[O-])c(N=Nc2c(S(=O)(=O)[O-])cc3c(S(=O)(=O)[O-])c(N=c4nc(F)nc(N(C)CCS(=O)(=O)CCOS(=O)(=O)[O-])[nH]4)ccc3c2[O-])cc1OC.[Cu+2].[Na+].[Na+].[Na+].[Na+]. The fraction of sp³-hybridized carbons (Fsp3) is 0.219. The molecule has 1 heterocycles. The number of H-pyrrole nitrogens is 1. The van der Waals surface area contributed by atoms with Gasteiger partial charge in [0.05, 0.1) is 64.1 Å². The molecule has 0 bridgehead atoms.